The molecule has 196 valence electrons. The molecule has 7 nitrogen and oxygen atoms in total. The predicted octanol–water partition coefficient (Wildman–Crippen LogP) is 6.41. The van der Waals surface area contributed by atoms with Crippen molar-refractivity contribution in [3.63, 3.8) is 0 Å². The van der Waals surface area contributed by atoms with Gasteiger partial charge in [0.25, 0.3) is 17.5 Å². The molecule has 3 aromatic rings. The van der Waals surface area contributed by atoms with Crippen molar-refractivity contribution in [3.05, 3.63) is 74.5 Å². The van der Waals surface area contributed by atoms with Gasteiger partial charge >= 0.3 is 6.18 Å². The summed E-state index contributed by atoms with van der Waals surface area (Å²) in [6.45, 7) is 5.64. The van der Waals surface area contributed by atoms with Crippen LogP contribution in [0.1, 0.15) is 59.1 Å². The summed E-state index contributed by atoms with van der Waals surface area (Å²) >= 11 is 11.9. The molecule has 1 unspecified atom stereocenters. The van der Waals surface area contributed by atoms with Crippen molar-refractivity contribution >= 4 is 40.8 Å². The van der Waals surface area contributed by atoms with E-state index in [-0.39, 0.29) is 39.1 Å². The molecule has 1 aliphatic heterocycles. The van der Waals surface area contributed by atoms with Gasteiger partial charge in [-0.1, -0.05) is 48.3 Å². The van der Waals surface area contributed by atoms with E-state index in [1.807, 2.05) is 13.8 Å². The zero-order valence-electron chi connectivity index (χ0n) is 20.7. The van der Waals surface area contributed by atoms with E-state index >= 15 is 0 Å². The maximum atomic E-state index is 14.3. The van der Waals surface area contributed by atoms with Crippen molar-refractivity contribution < 1.29 is 22.8 Å². The molecule has 0 bridgehead atoms. The zero-order valence-corrected chi connectivity index (χ0v) is 22.2. The van der Waals surface area contributed by atoms with Gasteiger partial charge in [-0.3, -0.25) is 14.4 Å². The second kappa shape index (κ2) is 9.64. The number of alkyl halides is 3. The SMILES string of the molecule is Cc1cc(C2=NOC(c3cc(Cl)cc(Cl)c3)(C(F)(F)F)C2)ccc1C(=O)N(C)c1nc(C(C)C)n(C)n1. The number of carbonyl (C=O) groups excluding carboxylic acids is 1. The molecular weight excluding hydrogens is 530 g/mol. The molecule has 0 radical (unpaired) electrons. The van der Waals surface area contributed by atoms with Crippen LogP contribution in [-0.2, 0) is 17.5 Å². The molecule has 1 aliphatic rings. The van der Waals surface area contributed by atoms with Crippen LogP contribution in [0.15, 0.2) is 41.6 Å². The first kappa shape index (κ1) is 26.9. The van der Waals surface area contributed by atoms with Crippen LogP contribution in [0, 0.1) is 6.92 Å². The van der Waals surface area contributed by atoms with Gasteiger partial charge in [0.15, 0.2) is 0 Å². The van der Waals surface area contributed by atoms with Crippen LogP contribution in [0.4, 0.5) is 19.1 Å². The Balaban J connectivity index is 1.61. The molecule has 4 rings (SSSR count). The fraction of sp³-hybridized carbons (Fsp3) is 0.360. The van der Waals surface area contributed by atoms with Crippen LogP contribution in [0.25, 0.3) is 0 Å². The number of rotatable bonds is 5. The Morgan fingerprint density at radius 2 is 1.81 bits per heavy atom. The monoisotopic (exact) mass is 553 g/mol. The van der Waals surface area contributed by atoms with Crippen LogP contribution < -0.4 is 4.90 Å². The van der Waals surface area contributed by atoms with E-state index < -0.39 is 18.2 Å². The number of oxime groups is 1. The van der Waals surface area contributed by atoms with E-state index in [1.54, 1.807) is 43.9 Å². The van der Waals surface area contributed by atoms with Crippen LogP contribution in [0.3, 0.4) is 0 Å². The van der Waals surface area contributed by atoms with Gasteiger partial charge in [-0.05, 0) is 48.4 Å². The van der Waals surface area contributed by atoms with E-state index in [0.29, 0.717) is 16.7 Å². The smallest absolute Gasteiger partial charge is 0.374 e. The standard InChI is InChI=1S/C25H24Cl2F3N5O2/c1-13(2)21-31-23(32-35(21)5)34(4)22(36)19-7-6-15(8-14(19)3)20-12-24(37-33-20,25(28,29)30)16-9-17(26)11-18(27)10-16/h6-11,13H,12H2,1-5H3. The summed E-state index contributed by atoms with van der Waals surface area (Å²) in [4.78, 5) is 24.0. The van der Waals surface area contributed by atoms with Crippen LogP contribution in [0.5, 0.6) is 0 Å². The fourth-order valence-electron chi connectivity index (χ4n) is 4.23. The molecule has 0 saturated heterocycles. The third-order valence-electron chi connectivity index (χ3n) is 6.21. The van der Waals surface area contributed by atoms with Gasteiger partial charge in [-0.15, -0.1) is 5.10 Å². The summed E-state index contributed by atoms with van der Waals surface area (Å²) < 4.78 is 44.5. The molecule has 0 N–H and O–H groups in total. The van der Waals surface area contributed by atoms with Crippen molar-refractivity contribution in [2.75, 3.05) is 11.9 Å². The Morgan fingerprint density at radius 3 is 2.35 bits per heavy atom. The first-order valence-corrected chi connectivity index (χ1v) is 12.1. The van der Waals surface area contributed by atoms with Gasteiger partial charge in [-0.2, -0.15) is 18.2 Å². The van der Waals surface area contributed by atoms with Gasteiger partial charge in [0, 0.05) is 47.6 Å². The van der Waals surface area contributed by atoms with Crippen LogP contribution >= 0.6 is 23.2 Å². The molecular formula is C25H24Cl2F3N5O2. The van der Waals surface area contributed by atoms with Gasteiger partial charge in [0.2, 0.25) is 0 Å². The topological polar surface area (TPSA) is 72.6 Å². The van der Waals surface area contributed by atoms with Crippen molar-refractivity contribution in [1.82, 2.24) is 14.8 Å². The molecule has 1 atom stereocenters. The number of aromatic nitrogens is 3. The maximum absolute atomic E-state index is 14.3. The Kier molecular flexibility index (Phi) is 7.02. The highest BCUT2D eigenvalue weighted by molar-refractivity contribution is 6.34. The highest BCUT2D eigenvalue weighted by Crippen LogP contribution is 2.49. The molecule has 1 aromatic heterocycles. The van der Waals surface area contributed by atoms with Crippen molar-refractivity contribution in [2.45, 2.75) is 44.9 Å². The summed E-state index contributed by atoms with van der Waals surface area (Å²) in [6, 6.07) is 8.36. The lowest BCUT2D eigenvalue weighted by molar-refractivity contribution is -0.275. The number of carbonyl (C=O) groups is 1. The Labute approximate surface area is 221 Å². The quantitative estimate of drug-likeness (QED) is 0.365. The van der Waals surface area contributed by atoms with E-state index in [0.717, 1.165) is 5.82 Å². The number of benzene rings is 2. The molecule has 2 aromatic carbocycles. The Hall–Kier alpha value is -3.11. The molecule has 0 spiro atoms. The third-order valence-corrected chi connectivity index (χ3v) is 6.65. The van der Waals surface area contributed by atoms with Crippen LogP contribution in [0.2, 0.25) is 10.0 Å². The minimum Gasteiger partial charge on any atom is -0.374 e. The lowest BCUT2D eigenvalue weighted by Gasteiger charge is -2.29. The van der Waals surface area contributed by atoms with Crippen molar-refractivity contribution in [3.8, 4) is 0 Å². The average Bonchev–Trinajstić information content (AvgIpc) is 3.42. The summed E-state index contributed by atoms with van der Waals surface area (Å²) in [5, 5.41) is 8.20. The Bertz CT molecular complexity index is 1380. The van der Waals surface area contributed by atoms with Crippen molar-refractivity contribution in [1.29, 1.82) is 0 Å². The van der Waals surface area contributed by atoms with Gasteiger partial charge in [0.05, 0.1) is 5.71 Å². The van der Waals surface area contributed by atoms with E-state index in [1.165, 1.54) is 23.1 Å². The first-order valence-electron chi connectivity index (χ1n) is 11.3. The van der Waals surface area contributed by atoms with Gasteiger partial charge in [-0.25, -0.2) is 0 Å². The molecule has 0 saturated carbocycles. The lowest BCUT2D eigenvalue weighted by atomic mass is 9.86. The average molecular weight is 554 g/mol. The predicted molar refractivity (Wildman–Crippen MR) is 135 cm³/mol. The molecule has 0 fully saturated rings. The lowest BCUT2D eigenvalue weighted by Crippen LogP contribution is -2.42. The van der Waals surface area contributed by atoms with E-state index in [2.05, 4.69) is 15.2 Å². The molecule has 12 heteroatoms. The van der Waals surface area contributed by atoms with Gasteiger partial charge < -0.3 is 4.84 Å². The molecule has 2 heterocycles. The normalized spacial score (nSPS) is 17.6. The van der Waals surface area contributed by atoms with E-state index in [9.17, 15) is 18.0 Å². The number of hydrogen-bond acceptors (Lipinski definition) is 5. The molecule has 37 heavy (non-hydrogen) atoms. The summed E-state index contributed by atoms with van der Waals surface area (Å²) in [6.07, 6.45) is -5.39. The molecule has 0 aliphatic carbocycles. The largest absolute Gasteiger partial charge is 0.435 e. The fourth-order valence-corrected chi connectivity index (χ4v) is 4.75. The number of aryl methyl sites for hydroxylation is 2. The summed E-state index contributed by atoms with van der Waals surface area (Å²) in [5.41, 5.74) is -1.60. The summed E-state index contributed by atoms with van der Waals surface area (Å²) in [5.74, 6) is 0.753. The number of anilines is 1. The van der Waals surface area contributed by atoms with Gasteiger partial charge in [0.1, 0.15) is 5.82 Å². The number of nitrogens with zero attached hydrogens (tertiary/aromatic N) is 5. The molecule has 1 amide bonds. The second-order valence-electron chi connectivity index (χ2n) is 9.23. The highest BCUT2D eigenvalue weighted by Gasteiger charge is 2.62. The van der Waals surface area contributed by atoms with Crippen LogP contribution in [-0.4, -0.2) is 39.6 Å². The minimum atomic E-state index is -4.80. The van der Waals surface area contributed by atoms with Crippen molar-refractivity contribution in [2.24, 2.45) is 12.2 Å². The highest BCUT2D eigenvalue weighted by atomic mass is 35.5. The second-order valence-corrected chi connectivity index (χ2v) is 10.1. The number of amides is 1. The third kappa shape index (κ3) is 4.92. The zero-order chi connectivity index (χ0) is 27.3. The Morgan fingerprint density at radius 1 is 1.16 bits per heavy atom. The summed E-state index contributed by atoms with van der Waals surface area (Å²) in [7, 11) is 3.32. The first-order chi connectivity index (χ1) is 17.2. The maximum Gasteiger partial charge on any atom is 0.435 e. The van der Waals surface area contributed by atoms with E-state index in [4.69, 9.17) is 28.0 Å². The minimum absolute atomic E-state index is 0.0499. The number of halogens is 5. The number of hydrogen-bond donors (Lipinski definition) is 0.